The zero-order chi connectivity index (χ0) is 25.1. The van der Waals surface area contributed by atoms with Gasteiger partial charge in [0.2, 0.25) is 11.8 Å². The molecule has 8 nitrogen and oxygen atoms in total. The molecule has 2 aromatic carbocycles. The average Bonchev–Trinajstić information content (AvgIpc) is 3.26. The Balaban J connectivity index is 1.55. The van der Waals surface area contributed by atoms with Crippen LogP contribution in [0.5, 0.6) is 0 Å². The molecule has 1 aromatic heterocycles. The van der Waals surface area contributed by atoms with Crippen LogP contribution >= 0.6 is 23.4 Å². The second-order valence-corrected chi connectivity index (χ2v) is 10.8. The lowest BCUT2D eigenvalue weighted by Crippen LogP contribution is -2.54. The molecule has 6 rings (SSSR count). The number of nitrogens with zero attached hydrogens (tertiary/aromatic N) is 4. The molecule has 36 heavy (non-hydrogen) atoms. The van der Waals surface area contributed by atoms with Crippen molar-refractivity contribution in [2.24, 2.45) is 0 Å². The van der Waals surface area contributed by atoms with Crippen LogP contribution in [0.1, 0.15) is 12.5 Å². The number of fused-ring (bicyclic) bond motifs is 1. The van der Waals surface area contributed by atoms with E-state index in [1.165, 1.54) is 6.08 Å². The van der Waals surface area contributed by atoms with E-state index in [1.54, 1.807) is 21.2 Å². The van der Waals surface area contributed by atoms with Crippen molar-refractivity contribution in [3.05, 3.63) is 58.0 Å². The quantitative estimate of drug-likeness (QED) is 0.530. The van der Waals surface area contributed by atoms with Gasteiger partial charge in [-0.25, -0.2) is 4.79 Å². The van der Waals surface area contributed by atoms with Crippen LogP contribution in [0.3, 0.4) is 0 Å². The molecular weight excluding hydrogens is 498 g/mol. The number of carbonyl (C=O) groups is 2. The molecule has 0 saturated carbocycles. The number of anilines is 2. The van der Waals surface area contributed by atoms with Gasteiger partial charge in [-0.1, -0.05) is 30.3 Å². The molecule has 1 atom stereocenters. The van der Waals surface area contributed by atoms with E-state index in [0.717, 1.165) is 43.9 Å². The number of nitrogens with one attached hydrogen (secondary N) is 1. The summed E-state index contributed by atoms with van der Waals surface area (Å²) in [6.45, 7) is 7.76. The number of thioether (sulfide) groups is 1. The van der Waals surface area contributed by atoms with E-state index in [2.05, 4.69) is 21.8 Å². The second-order valence-electron chi connectivity index (χ2n) is 9.26. The molecule has 184 valence electrons. The highest BCUT2D eigenvalue weighted by Crippen LogP contribution is 2.48. The Hall–Kier alpha value is -3.30. The summed E-state index contributed by atoms with van der Waals surface area (Å²) in [5.74, 6) is 1.18. The third-order valence-corrected chi connectivity index (χ3v) is 8.53. The van der Waals surface area contributed by atoms with E-state index in [1.807, 2.05) is 31.2 Å². The van der Waals surface area contributed by atoms with Crippen LogP contribution in [-0.4, -0.2) is 57.7 Å². The van der Waals surface area contributed by atoms with Crippen molar-refractivity contribution >= 4 is 57.6 Å². The highest BCUT2D eigenvalue weighted by atomic mass is 35.5. The summed E-state index contributed by atoms with van der Waals surface area (Å²) in [7, 11) is 0. The summed E-state index contributed by atoms with van der Waals surface area (Å²) in [5.41, 5.74) is 4.01. The molecule has 10 heteroatoms. The van der Waals surface area contributed by atoms with Crippen molar-refractivity contribution in [1.82, 2.24) is 14.5 Å². The first kappa shape index (κ1) is 23.1. The maximum absolute atomic E-state index is 13.3. The van der Waals surface area contributed by atoms with Crippen LogP contribution in [-0.2, 0) is 22.6 Å². The van der Waals surface area contributed by atoms with Crippen LogP contribution < -0.4 is 15.9 Å². The van der Waals surface area contributed by atoms with Gasteiger partial charge in [0.15, 0.2) is 0 Å². The standard InChI is InChI=1S/C26H24ClN5O3S/c1-3-21(34)30-7-8-31(14(2)13-30)25-17-11-18(27)22(15-5-4-6-19-16(15)12-20(33)28-19)24-23(17)32(9-10-36-24)26(35)29-25/h3-6,11,14H,1,7-10,12-13H2,2H3,(H,28,33). The van der Waals surface area contributed by atoms with Crippen LogP contribution in [0.15, 0.2) is 46.6 Å². The number of benzene rings is 2. The maximum Gasteiger partial charge on any atom is 0.350 e. The minimum Gasteiger partial charge on any atom is -0.350 e. The lowest BCUT2D eigenvalue weighted by Gasteiger charge is -2.40. The number of rotatable bonds is 3. The fourth-order valence-corrected chi connectivity index (χ4v) is 7.06. The molecular formula is C26H24ClN5O3S. The normalized spacial score (nSPS) is 18.8. The van der Waals surface area contributed by atoms with E-state index in [4.69, 9.17) is 11.6 Å². The summed E-state index contributed by atoms with van der Waals surface area (Å²) in [6, 6.07) is 7.66. The molecule has 0 spiro atoms. The number of hydrogen-bond donors (Lipinski definition) is 1. The van der Waals surface area contributed by atoms with Gasteiger partial charge in [-0.05, 0) is 36.3 Å². The first-order valence-corrected chi connectivity index (χ1v) is 13.2. The number of halogens is 1. The molecule has 1 saturated heterocycles. The number of amides is 2. The molecule has 0 radical (unpaired) electrons. The Labute approximate surface area is 216 Å². The highest BCUT2D eigenvalue weighted by Gasteiger charge is 2.32. The van der Waals surface area contributed by atoms with E-state index in [0.29, 0.717) is 43.4 Å². The highest BCUT2D eigenvalue weighted by molar-refractivity contribution is 7.99. The van der Waals surface area contributed by atoms with Crippen LogP contribution in [0.4, 0.5) is 11.5 Å². The van der Waals surface area contributed by atoms with Gasteiger partial charge in [0, 0.05) is 59.5 Å². The van der Waals surface area contributed by atoms with Gasteiger partial charge in [0.25, 0.3) is 0 Å². The van der Waals surface area contributed by atoms with Gasteiger partial charge in [-0.2, -0.15) is 4.98 Å². The molecule has 2 amide bonds. The fourth-order valence-electron chi connectivity index (χ4n) is 5.50. The molecule has 0 bridgehead atoms. The monoisotopic (exact) mass is 521 g/mol. The van der Waals surface area contributed by atoms with Crippen molar-refractivity contribution < 1.29 is 9.59 Å². The first-order valence-electron chi connectivity index (χ1n) is 11.9. The molecule has 3 aromatic rings. The third-order valence-electron chi connectivity index (χ3n) is 7.15. The van der Waals surface area contributed by atoms with Crippen LogP contribution in [0.25, 0.3) is 22.0 Å². The molecule has 3 aliphatic rings. The lowest BCUT2D eigenvalue weighted by molar-refractivity contribution is -0.126. The van der Waals surface area contributed by atoms with E-state index < -0.39 is 0 Å². The van der Waals surface area contributed by atoms with Crippen molar-refractivity contribution in [3.8, 4) is 11.1 Å². The first-order chi connectivity index (χ1) is 17.4. The van der Waals surface area contributed by atoms with E-state index in [9.17, 15) is 14.4 Å². The van der Waals surface area contributed by atoms with Crippen molar-refractivity contribution in [3.63, 3.8) is 0 Å². The number of aryl methyl sites for hydroxylation is 1. The average molecular weight is 522 g/mol. The van der Waals surface area contributed by atoms with Gasteiger partial charge in [0.1, 0.15) is 5.82 Å². The summed E-state index contributed by atoms with van der Waals surface area (Å²) in [4.78, 5) is 46.8. The minimum absolute atomic E-state index is 0.0397. The van der Waals surface area contributed by atoms with Gasteiger partial charge in [-0.15, -0.1) is 11.8 Å². The Morgan fingerprint density at radius 1 is 1.28 bits per heavy atom. The predicted molar refractivity (Wildman–Crippen MR) is 143 cm³/mol. The van der Waals surface area contributed by atoms with Gasteiger partial charge in [-0.3, -0.25) is 14.2 Å². The van der Waals surface area contributed by atoms with Crippen molar-refractivity contribution in [2.75, 3.05) is 35.6 Å². The number of carbonyl (C=O) groups excluding carboxylic acids is 2. The summed E-state index contributed by atoms with van der Waals surface area (Å²) in [6.07, 6.45) is 1.63. The summed E-state index contributed by atoms with van der Waals surface area (Å²) in [5, 5.41) is 4.29. The third kappa shape index (κ3) is 3.52. The topological polar surface area (TPSA) is 87.5 Å². The SMILES string of the molecule is C=CC(=O)N1CCN(c2nc(=O)n3c4c(c(-c5cccc6c5CC(=O)N6)c(Cl)cc24)SCC3)C(C)C1. The van der Waals surface area contributed by atoms with Crippen molar-refractivity contribution in [2.45, 2.75) is 30.8 Å². The summed E-state index contributed by atoms with van der Waals surface area (Å²) >= 11 is 8.67. The van der Waals surface area contributed by atoms with Crippen LogP contribution in [0.2, 0.25) is 5.02 Å². The largest absolute Gasteiger partial charge is 0.350 e. The number of hydrogen-bond acceptors (Lipinski definition) is 6. The van der Waals surface area contributed by atoms with E-state index >= 15 is 0 Å². The molecule has 1 unspecified atom stereocenters. The Kier molecular flexibility index (Phi) is 5.57. The number of aromatic nitrogens is 2. The second kappa shape index (κ2) is 8.67. The molecule has 3 aliphatic heterocycles. The number of piperazine rings is 1. The zero-order valence-corrected chi connectivity index (χ0v) is 21.3. The lowest BCUT2D eigenvalue weighted by atomic mass is 9.96. The van der Waals surface area contributed by atoms with E-state index in [-0.39, 0.29) is 23.5 Å². The summed E-state index contributed by atoms with van der Waals surface area (Å²) < 4.78 is 1.74. The maximum atomic E-state index is 13.3. The molecule has 1 N–H and O–H groups in total. The molecule has 1 fully saturated rings. The smallest absolute Gasteiger partial charge is 0.350 e. The van der Waals surface area contributed by atoms with Gasteiger partial charge < -0.3 is 15.1 Å². The Morgan fingerprint density at radius 3 is 2.89 bits per heavy atom. The Bertz CT molecular complexity index is 1530. The molecule has 4 heterocycles. The minimum atomic E-state index is -0.292. The van der Waals surface area contributed by atoms with Crippen LogP contribution in [0, 0.1) is 0 Å². The predicted octanol–water partition coefficient (Wildman–Crippen LogP) is 3.54. The Morgan fingerprint density at radius 2 is 2.11 bits per heavy atom. The fraction of sp³-hybridized carbons (Fsp3) is 0.308. The van der Waals surface area contributed by atoms with Crippen molar-refractivity contribution in [1.29, 1.82) is 0 Å². The van der Waals surface area contributed by atoms with Gasteiger partial charge >= 0.3 is 5.69 Å². The molecule has 0 aliphatic carbocycles. The zero-order valence-electron chi connectivity index (χ0n) is 19.7. The van der Waals surface area contributed by atoms with Gasteiger partial charge in [0.05, 0.1) is 17.0 Å².